The number of fused-ring (bicyclic) bond motifs is 21. The molecule has 0 saturated heterocycles. The molecule has 0 atom stereocenters. The van der Waals surface area contributed by atoms with Crippen LogP contribution in [0.4, 0.5) is 0 Å². The van der Waals surface area contributed by atoms with Crippen LogP contribution < -0.4 is 0 Å². The molecular formula is C112H103N3. The van der Waals surface area contributed by atoms with E-state index in [0.29, 0.717) is 0 Å². The van der Waals surface area contributed by atoms with E-state index in [9.17, 15) is 0 Å². The normalized spacial score (nSPS) is 14.7. The van der Waals surface area contributed by atoms with E-state index in [4.69, 9.17) is 0 Å². The number of benzene rings is 14. The van der Waals surface area contributed by atoms with Gasteiger partial charge in [0.15, 0.2) is 0 Å². The molecule has 0 amide bonds. The van der Waals surface area contributed by atoms with Crippen molar-refractivity contribution in [2.75, 3.05) is 0 Å². The molecule has 0 spiro atoms. The second-order valence-electron chi connectivity index (χ2n) is 34.7. The summed E-state index contributed by atoms with van der Waals surface area (Å²) < 4.78 is 5.12. The molecule has 3 nitrogen and oxygen atoms in total. The van der Waals surface area contributed by atoms with Crippen molar-refractivity contribution >= 4 is 65.4 Å². The molecule has 4 aliphatic carbocycles. The van der Waals surface area contributed by atoms with E-state index in [1.807, 2.05) is 0 Å². The summed E-state index contributed by atoms with van der Waals surface area (Å²) in [6, 6.07) is 111. The average molecular weight is 1490 g/mol. The zero-order chi connectivity index (χ0) is 77.6. The Morgan fingerprint density at radius 3 is 0.661 bits per heavy atom. The number of nitrogens with zero attached hydrogens (tertiary/aromatic N) is 2. The summed E-state index contributed by atoms with van der Waals surface area (Å²) in [6.45, 7) is 19.0. The lowest BCUT2D eigenvalue weighted by Crippen LogP contribution is -2.25. The first kappa shape index (κ1) is 71.3. The number of nitrogens with one attached hydrogen (secondary N) is 1. The SMILES string of the molecule is CCCC1(CCC)c2ccccc2-c2ccc(-c3ccc4c(c3)c3cc(-c5ccc6c(c5)C(CCC)(CCC)c5ccccc5-6)ccc3n4-c3ccc4[nH]c5ccc(-n6c7ccc(-c8ccc9c(c8)C(CCC)(CCC)c8ccccc8-9)cc7c7cc(-c8ccc9c(c8)C(CCC)(CCC)c8ccccc8-9)ccc76)cc5c4c3)cc21. The van der Waals surface area contributed by atoms with Gasteiger partial charge >= 0.3 is 0 Å². The van der Waals surface area contributed by atoms with Crippen LogP contribution in [0, 0.1) is 0 Å². The van der Waals surface area contributed by atoms with E-state index in [1.54, 1.807) is 0 Å². The maximum absolute atomic E-state index is 3.94. The molecule has 0 fully saturated rings. The van der Waals surface area contributed by atoms with Crippen LogP contribution >= 0.6 is 0 Å². The van der Waals surface area contributed by atoms with Gasteiger partial charge in [0.25, 0.3) is 0 Å². The van der Waals surface area contributed by atoms with Gasteiger partial charge in [-0.15, -0.1) is 0 Å². The molecule has 17 aromatic rings. The maximum atomic E-state index is 3.94. The van der Waals surface area contributed by atoms with Crippen molar-refractivity contribution in [1.29, 1.82) is 0 Å². The van der Waals surface area contributed by atoms with E-state index in [2.05, 4.69) is 349 Å². The lowest BCUT2D eigenvalue weighted by molar-refractivity contribution is 0.436. The quantitative estimate of drug-likeness (QED) is 0.0700. The van der Waals surface area contributed by atoms with Gasteiger partial charge in [-0.25, -0.2) is 0 Å². The predicted octanol–water partition coefficient (Wildman–Crippen LogP) is 31.7. The average Bonchev–Trinajstić information content (AvgIpc) is 1.58. The standard InChI is InChI=1S/C112H103N3/c1-9-53-109(54-10-2)95-29-21-17-25-81(95)85-43-33-75(65-99(85)109)71-37-49-105-91(61-71)92-62-72(76-34-44-86-82-26-18-22-30-96(82)110(55-11-3,56-12-4)100(86)66-76)38-50-106(92)114(105)79-41-47-103-89(69-79)90-70-80(42-48-104(90)113-103)115-107-51-39-73(77-35-45-87-83-27-19-23-31-97(83)111(57-13-5,58-14-6)101(87)67-77)63-93(107)94-64-74(40-52-108(94)115)78-36-46-88-84-28-20-24-32-98(84)112(59-15-7,60-16-8)102(88)68-78/h17-52,61-70,113H,9-16,53-60H2,1-8H3. The van der Waals surface area contributed by atoms with Crippen LogP contribution in [-0.4, -0.2) is 14.1 Å². The summed E-state index contributed by atoms with van der Waals surface area (Å²) in [5, 5.41) is 7.45. The number of H-pyrrole nitrogens is 1. The van der Waals surface area contributed by atoms with Crippen LogP contribution in [0.5, 0.6) is 0 Å². The fourth-order valence-corrected chi connectivity index (χ4v) is 24.1. The fourth-order valence-electron chi connectivity index (χ4n) is 24.1. The first-order valence-electron chi connectivity index (χ1n) is 43.8. The molecule has 566 valence electrons. The minimum absolute atomic E-state index is 0.00807. The minimum Gasteiger partial charge on any atom is -0.355 e. The van der Waals surface area contributed by atoms with E-state index in [0.717, 1.165) is 125 Å². The van der Waals surface area contributed by atoms with Gasteiger partial charge in [0, 0.05) is 76.4 Å². The topological polar surface area (TPSA) is 25.6 Å². The Morgan fingerprint density at radius 1 is 0.200 bits per heavy atom. The van der Waals surface area contributed by atoms with E-state index in [-0.39, 0.29) is 21.7 Å². The van der Waals surface area contributed by atoms with E-state index >= 15 is 0 Å². The number of hydrogen-bond donors (Lipinski definition) is 1. The third kappa shape index (κ3) is 10.5. The molecule has 0 radical (unpaired) electrons. The van der Waals surface area contributed by atoms with Gasteiger partial charge in [-0.1, -0.05) is 277 Å². The van der Waals surface area contributed by atoms with Crippen LogP contribution in [0.15, 0.2) is 279 Å². The van der Waals surface area contributed by atoms with E-state index < -0.39 is 0 Å². The summed E-state index contributed by atoms with van der Waals surface area (Å²) in [5.41, 5.74) is 42.6. The zero-order valence-corrected chi connectivity index (χ0v) is 68.3. The van der Waals surface area contributed by atoms with Crippen molar-refractivity contribution in [3.63, 3.8) is 0 Å². The minimum atomic E-state index is -0.00807. The Bertz CT molecular complexity index is 6030. The van der Waals surface area contributed by atoms with Gasteiger partial charge in [-0.3, -0.25) is 0 Å². The summed E-state index contributed by atoms with van der Waals surface area (Å²) in [7, 11) is 0. The van der Waals surface area contributed by atoms with Crippen molar-refractivity contribution in [2.45, 2.75) is 180 Å². The smallest absolute Gasteiger partial charge is 0.0541 e. The number of aromatic nitrogens is 3. The number of aromatic amines is 1. The molecule has 14 aromatic carbocycles. The number of hydrogen-bond acceptors (Lipinski definition) is 0. The Kier molecular flexibility index (Phi) is 17.1. The Labute approximate surface area is 678 Å². The highest BCUT2D eigenvalue weighted by Crippen LogP contribution is 2.60. The molecule has 0 bridgehead atoms. The Hall–Kier alpha value is -11.5. The van der Waals surface area contributed by atoms with E-state index in [1.165, 1.54) is 188 Å². The van der Waals surface area contributed by atoms with Crippen molar-refractivity contribution in [3.05, 3.63) is 324 Å². The van der Waals surface area contributed by atoms with Crippen LogP contribution in [0.25, 0.3) is 166 Å². The molecular weight excluding hydrogens is 1390 g/mol. The Balaban J connectivity index is 0.730. The third-order valence-electron chi connectivity index (χ3n) is 28.4. The molecule has 0 unspecified atom stereocenters. The van der Waals surface area contributed by atoms with Crippen LogP contribution in [0.1, 0.15) is 203 Å². The van der Waals surface area contributed by atoms with Crippen LogP contribution in [0.2, 0.25) is 0 Å². The summed E-state index contributed by atoms with van der Waals surface area (Å²) in [5.74, 6) is 0. The lowest BCUT2D eigenvalue weighted by atomic mass is 9.71. The van der Waals surface area contributed by atoms with Gasteiger partial charge in [0.2, 0.25) is 0 Å². The fraction of sp³-hybridized carbons (Fsp3) is 0.250. The molecule has 3 heterocycles. The second-order valence-corrected chi connectivity index (χ2v) is 34.7. The first-order valence-corrected chi connectivity index (χ1v) is 43.8. The first-order chi connectivity index (χ1) is 56.5. The number of rotatable bonds is 22. The van der Waals surface area contributed by atoms with Gasteiger partial charge in [0.05, 0.1) is 22.1 Å². The molecule has 4 aliphatic rings. The molecule has 1 N–H and O–H groups in total. The highest BCUT2D eigenvalue weighted by atomic mass is 15.0. The summed E-state index contributed by atoms with van der Waals surface area (Å²) in [4.78, 5) is 3.94. The van der Waals surface area contributed by atoms with Crippen molar-refractivity contribution in [3.8, 4) is 100 Å². The molecule has 21 rings (SSSR count). The molecule has 0 saturated carbocycles. The molecule has 0 aliphatic heterocycles. The summed E-state index contributed by atoms with van der Waals surface area (Å²) in [6.07, 6.45) is 18.2. The maximum Gasteiger partial charge on any atom is 0.0541 e. The third-order valence-corrected chi connectivity index (χ3v) is 28.4. The van der Waals surface area contributed by atoms with Crippen LogP contribution in [0.3, 0.4) is 0 Å². The van der Waals surface area contributed by atoms with Gasteiger partial charge in [0.1, 0.15) is 0 Å². The van der Waals surface area contributed by atoms with Crippen molar-refractivity contribution < 1.29 is 0 Å². The predicted molar refractivity (Wildman–Crippen MR) is 490 cm³/mol. The van der Waals surface area contributed by atoms with Gasteiger partial charge < -0.3 is 14.1 Å². The van der Waals surface area contributed by atoms with Gasteiger partial charge in [-0.05, 0) is 294 Å². The van der Waals surface area contributed by atoms with Crippen molar-refractivity contribution in [2.24, 2.45) is 0 Å². The van der Waals surface area contributed by atoms with Crippen molar-refractivity contribution in [1.82, 2.24) is 14.1 Å². The lowest BCUT2D eigenvalue weighted by Gasteiger charge is -2.32. The zero-order valence-electron chi connectivity index (χ0n) is 68.3. The second kappa shape index (κ2) is 27.6. The highest BCUT2D eigenvalue weighted by Gasteiger charge is 2.46. The largest absolute Gasteiger partial charge is 0.355 e. The summed E-state index contributed by atoms with van der Waals surface area (Å²) >= 11 is 0. The Morgan fingerprint density at radius 2 is 0.417 bits per heavy atom. The van der Waals surface area contributed by atoms with Gasteiger partial charge in [-0.2, -0.15) is 0 Å². The molecule has 115 heavy (non-hydrogen) atoms. The highest BCUT2D eigenvalue weighted by molar-refractivity contribution is 6.15. The molecule has 3 aromatic heterocycles. The molecule has 3 heteroatoms. The van der Waals surface area contributed by atoms with Crippen LogP contribution in [-0.2, 0) is 21.7 Å². The monoisotopic (exact) mass is 1490 g/mol.